The lowest BCUT2D eigenvalue weighted by Crippen LogP contribution is -2.17. The van der Waals surface area contributed by atoms with Crippen molar-refractivity contribution in [3.8, 4) is 17.4 Å². The smallest absolute Gasteiger partial charge is 0.200 e. The minimum atomic E-state index is -0.951. The first kappa shape index (κ1) is 18.1. The highest BCUT2D eigenvalue weighted by Crippen LogP contribution is 2.55. The summed E-state index contributed by atoms with van der Waals surface area (Å²) < 4.78 is 39.2. The van der Waals surface area contributed by atoms with Crippen LogP contribution in [0, 0.1) is 11.6 Å². The zero-order valence-corrected chi connectivity index (χ0v) is 15.5. The minimum Gasteiger partial charge on any atom is -0.485 e. The first-order chi connectivity index (χ1) is 14.2. The number of halogens is 2. The lowest BCUT2D eigenvalue weighted by atomic mass is 10.1. The Bertz CT molecular complexity index is 1010. The van der Waals surface area contributed by atoms with Crippen LogP contribution in [0.4, 0.5) is 8.78 Å². The molecule has 1 saturated heterocycles. The van der Waals surface area contributed by atoms with Gasteiger partial charge in [0, 0.05) is 31.2 Å². The zero-order chi connectivity index (χ0) is 19.8. The monoisotopic (exact) mass is 396 g/mol. The SMILES string of the molecule is Fc1cc([C@@H]2C[C@H]2c2cnc(-c3ncccn3)nc2)cc(O[C@H]2CCOC2)c1F. The van der Waals surface area contributed by atoms with Crippen molar-refractivity contribution < 1.29 is 18.3 Å². The van der Waals surface area contributed by atoms with Crippen LogP contribution in [0.3, 0.4) is 0 Å². The number of aromatic nitrogens is 4. The molecule has 3 aromatic rings. The van der Waals surface area contributed by atoms with E-state index in [1.165, 1.54) is 6.07 Å². The Hall–Kier alpha value is -3.00. The predicted molar refractivity (Wildman–Crippen MR) is 99.4 cm³/mol. The van der Waals surface area contributed by atoms with Gasteiger partial charge < -0.3 is 9.47 Å². The van der Waals surface area contributed by atoms with Crippen molar-refractivity contribution in [2.75, 3.05) is 13.2 Å². The summed E-state index contributed by atoms with van der Waals surface area (Å²) in [6, 6.07) is 4.59. The maximum atomic E-state index is 14.2. The number of hydrogen-bond donors (Lipinski definition) is 0. The highest BCUT2D eigenvalue weighted by atomic mass is 19.2. The number of benzene rings is 1. The van der Waals surface area contributed by atoms with Crippen LogP contribution >= 0.6 is 0 Å². The van der Waals surface area contributed by atoms with E-state index >= 15 is 0 Å². The summed E-state index contributed by atoms with van der Waals surface area (Å²) >= 11 is 0. The van der Waals surface area contributed by atoms with Crippen molar-refractivity contribution in [2.45, 2.75) is 30.8 Å². The summed E-state index contributed by atoms with van der Waals surface area (Å²) in [6.45, 7) is 0.968. The molecule has 0 spiro atoms. The molecule has 2 aromatic heterocycles. The molecule has 29 heavy (non-hydrogen) atoms. The van der Waals surface area contributed by atoms with Crippen LogP contribution < -0.4 is 4.74 Å². The lowest BCUT2D eigenvalue weighted by molar-refractivity contribution is 0.137. The Kier molecular flexibility index (Phi) is 4.63. The molecule has 0 amide bonds. The predicted octanol–water partition coefficient (Wildman–Crippen LogP) is 3.65. The Morgan fingerprint density at radius 3 is 2.38 bits per heavy atom. The van der Waals surface area contributed by atoms with Gasteiger partial charge in [0.1, 0.15) is 6.10 Å². The van der Waals surface area contributed by atoms with Gasteiger partial charge in [0.15, 0.2) is 23.2 Å². The van der Waals surface area contributed by atoms with Crippen LogP contribution in [0.25, 0.3) is 11.6 Å². The van der Waals surface area contributed by atoms with Gasteiger partial charge in [-0.1, -0.05) is 0 Å². The van der Waals surface area contributed by atoms with E-state index in [2.05, 4.69) is 19.9 Å². The lowest BCUT2D eigenvalue weighted by Gasteiger charge is -2.14. The minimum absolute atomic E-state index is 0.0472. The third-order valence-corrected chi connectivity index (χ3v) is 5.28. The topological polar surface area (TPSA) is 70.0 Å². The molecule has 0 unspecified atom stereocenters. The molecular formula is C21H18F2N4O2. The van der Waals surface area contributed by atoms with Crippen LogP contribution in [0.15, 0.2) is 43.0 Å². The molecule has 3 atom stereocenters. The maximum absolute atomic E-state index is 14.2. The summed E-state index contributed by atoms with van der Waals surface area (Å²) in [6.07, 6.45) is 8.02. The highest BCUT2D eigenvalue weighted by Gasteiger charge is 2.41. The molecule has 8 heteroatoms. The third-order valence-electron chi connectivity index (χ3n) is 5.28. The molecule has 6 nitrogen and oxygen atoms in total. The quantitative estimate of drug-likeness (QED) is 0.656. The maximum Gasteiger partial charge on any atom is 0.200 e. The summed E-state index contributed by atoms with van der Waals surface area (Å²) in [7, 11) is 0. The van der Waals surface area contributed by atoms with Crippen molar-refractivity contribution in [1.29, 1.82) is 0 Å². The molecule has 3 heterocycles. The van der Waals surface area contributed by atoms with Crippen molar-refractivity contribution in [2.24, 2.45) is 0 Å². The van der Waals surface area contributed by atoms with Crippen molar-refractivity contribution >= 4 is 0 Å². The standard InChI is InChI=1S/C21H18F2N4O2/c22-17-6-12(7-18(19(17)23)29-14-2-5-28-11-14)15-8-16(15)13-9-26-21(27-10-13)20-24-3-1-4-25-20/h1,3-4,6-7,9-10,14-16H,2,5,8,11H2/t14-,15-,16-/m0/s1. The number of ether oxygens (including phenoxy) is 2. The molecular weight excluding hydrogens is 378 g/mol. The second-order valence-corrected chi connectivity index (χ2v) is 7.28. The molecule has 1 saturated carbocycles. The first-order valence-corrected chi connectivity index (χ1v) is 9.51. The molecule has 1 aromatic carbocycles. The third kappa shape index (κ3) is 3.67. The van der Waals surface area contributed by atoms with Gasteiger partial charge in [-0.2, -0.15) is 4.39 Å². The molecule has 148 valence electrons. The summed E-state index contributed by atoms with van der Waals surface area (Å²) in [4.78, 5) is 17.0. The van der Waals surface area contributed by atoms with Crippen molar-refractivity contribution in [3.05, 3.63) is 65.7 Å². The van der Waals surface area contributed by atoms with Crippen LogP contribution in [0.2, 0.25) is 0 Å². The van der Waals surface area contributed by atoms with Crippen LogP contribution in [0.1, 0.15) is 35.8 Å². The fraction of sp³-hybridized carbons (Fsp3) is 0.333. The zero-order valence-electron chi connectivity index (χ0n) is 15.5. The van der Waals surface area contributed by atoms with E-state index in [0.29, 0.717) is 31.3 Å². The highest BCUT2D eigenvalue weighted by molar-refractivity contribution is 5.44. The van der Waals surface area contributed by atoms with E-state index in [1.807, 2.05) is 0 Å². The molecule has 0 radical (unpaired) electrons. The van der Waals surface area contributed by atoms with E-state index in [0.717, 1.165) is 17.5 Å². The molecule has 1 aliphatic carbocycles. The normalized spacial score (nSPS) is 23.2. The van der Waals surface area contributed by atoms with E-state index < -0.39 is 11.6 Å². The van der Waals surface area contributed by atoms with E-state index in [9.17, 15) is 8.78 Å². The number of rotatable bonds is 5. The first-order valence-electron chi connectivity index (χ1n) is 9.51. The Labute approximate surface area is 166 Å². The molecule has 0 bridgehead atoms. The summed E-state index contributed by atoms with van der Waals surface area (Å²) in [5, 5.41) is 0. The molecule has 2 fully saturated rings. The van der Waals surface area contributed by atoms with Crippen molar-refractivity contribution in [1.82, 2.24) is 19.9 Å². The average Bonchev–Trinajstić information content (AvgIpc) is 3.40. The van der Waals surface area contributed by atoms with E-state index in [-0.39, 0.29) is 23.7 Å². The fourth-order valence-electron chi connectivity index (χ4n) is 3.66. The average molecular weight is 396 g/mol. The van der Waals surface area contributed by atoms with Gasteiger partial charge in [-0.05, 0) is 47.6 Å². The Morgan fingerprint density at radius 1 is 0.931 bits per heavy atom. The van der Waals surface area contributed by atoms with E-state index in [4.69, 9.17) is 9.47 Å². The summed E-state index contributed by atoms with van der Waals surface area (Å²) in [5.74, 6) is -0.737. The molecule has 0 N–H and O–H groups in total. The van der Waals surface area contributed by atoms with Gasteiger partial charge in [-0.3, -0.25) is 0 Å². The van der Waals surface area contributed by atoms with Gasteiger partial charge in [0.2, 0.25) is 5.82 Å². The van der Waals surface area contributed by atoms with Crippen LogP contribution in [-0.2, 0) is 4.74 Å². The Balaban J connectivity index is 1.33. The van der Waals surface area contributed by atoms with Gasteiger partial charge in [0.05, 0.1) is 13.2 Å². The molecule has 5 rings (SSSR count). The summed E-state index contributed by atoms with van der Waals surface area (Å²) in [5.41, 5.74) is 1.67. The van der Waals surface area contributed by atoms with Gasteiger partial charge in [0.25, 0.3) is 0 Å². The largest absolute Gasteiger partial charge is 0.485 e. The van der Waals surface area contributed by atoms with Gasteiger partial charge in [-0.25, -0.2) is 24.3 Å². The van der Waals surface area contributed by atoms with Crippen molar-refractivity contribution in [3.63, 3.8) is 0 Å². The van der Waals surface area contributed by atoms with E-state index in [1.54, 1.807) is 36.9 Å². The number of hydrogen-bond acceptors (Lipinski definition) is 6. The van der Waals surface area contributed by atoms with Crippen LogP contribution in [0.5, 0.6) is 5.75 Å². The van der Waals surface area contributed by atoms with Crippen LogP contribution in [-0.4, -0.2) is 39.3 Å². The Morgan fingerprint density at radius 2 is 1.66 bits per heavy atom. The van der Waals surface area contributed by atoms with Gasteiger partial charge >= 0.3 is 0 Å². The van der Waals surface area contributed by atoms with Gasteiger partial charge in [-0.15, -0.1) is 0 Å². The fourth-order valence-corrected chi connectivity index (χ4v) is 3.66. The molecule has 2 aliphatic rings. The molecule has 1 aliphatic heterocycles. The second-order valence-electron chi connectivity index (χ2n) is 7.28. The second kappa shape index (κ2) is 7.44. The number of nitrogens with zero attached hydrogens (tertiary/aromatic N) is 4.